The molecule has 0 radical (unpaired) electrons. The van der Waals surface area contributed by atoms with Gasteiger partial charge < -0.3 is 9.64 Å². The molecule has 0 amide bonds. The van der Waals surface area contributed by atoms with Crippen molar-refractivity contribution in [2.24, 2.45) is 0 Å². The third kappa shape index (κ3) is 2.70. The van der Waals surface area contributed by atoms with Crippen molar-refractivity contribution >= 4 is 11.6 Å². The lowest BCUT2D eigenvalue weighted by Gasteiger charge is -2.34. The molecule has 0 N–H and O–H groups in total. The standard InChI is InChI=1S/C16H22N4O2/c1-3-19-9-5-4-7-12(19)11-14-17-18-15-13(16(21)22-2)8-6-10-20(14)15/h6,8,10,12H,3-5,7,9,11H2,1-2H3. The summed E-state index contributed by atoms with van der Waals surface area (Å²) in [5.41, 5.74) is 1.03. The van der Waals surface area contributed by atoms with Crippen LogP contribution in [0.3, 0.4) is 0 Å². The molecule has 1 saturated heterocycles. The molecule has 1 atom stereocenters. The number of fused-ring (bicyclic) bond motifs is 1. The summed E-state index contributed by atoms with van der Waals surface area (Å²) in [5.74, 6) is 0.531. The van der Waals surface area contributed by atoms with Crippen molar-refractivity contribution in [2.75, 3.05) is 20.2 Å². The number of aromatic nitrogens is 3. The Balaban J connectivity index is 1.90. The van der Waals surface area contributed by atoms with E-state index in [9.17, 15) is 4.79 Å². The predicted molar refractivity (Wildman–Crippen MR) is 82.9 cm³/mol. The second-order valence-corrected chi connectivity index (χ2v) is 5.71. The molecule has 0 aromatic carbocycles. The lowest BCUT2D eigenvalue weighted by atomic mass is 9.99. The number of pyridine rings is 1. The molecule has 0 aliphatic carbocycles. The molecule has 0 spiro atoms. The van der Waals surface area contributed by atoms with Crippen molar-refractivity contribution < 1.29 is 9.53 Å². The maximum atomic E-state index is 11.8. The van der Waals surface area contributed by atoms with Gasteiger partial charge in [0.1, 0.15) is 11.4 Å². The van der Waals surface area contributed by atoms with Crippen molar-refractivity contribution in [3.8, 4) is 0 Å². The second kappa shape index (κ2) is 6.44. The number of likely N-dealkylation sites (N-methyl/N-ethyl adjacent to an activating group) is 1. The number of carbonyl (C=O) groups is 1. The van der Waals surface area contributed by atoms with Gasteiger partial charge in [-0.05, 0) is 38.1 Å². The average molecular weight is 302 g/mol. The van der Waals surface area contributed by atoms with E-state index in [4.69, 9.17) is 4.74 Å². The zero-order chi connectivity index (χ0) is 15.5. The lowest BCUT2D eigenvalue weighted by Crippen LogP contribution is -2.40. The summed E-state index contributed by atoms with van der Waals surface area (Å²) in [5, 5.41) is 8.51. The molecule has 2 aromatic heterocycles. The van der Waals surface area contributed by atoms with Gasteiger partial charge in [0.2, 0.25) is 0 Å². The summed E-state index contributed by atoms with van der Waals surface area (Å²) >= 11 is 0. The van der Waals surface area contributed by atoms with E-state index in [0.29, 0.717) is 17.3 Å². The summed E-state index contributed by atoms with van der Waals surface area (Å²) in [6.07, 6.45) is 6.51. The van der Waals surface area contributed by atoms with Crippen LogP contribution >= 0.6 is 0 Å². The fourth-order valence-corrected chi connectivity index (χ4v) is 3.29. The van der Waals surface area contributed by atoms with E-state index in [1.165, 1.54) is 26.4 Å². The highest BCUT2D eigenvalue weighted by Gasteiger charge is 2.24. The fraction of sp³-hybridized carbons (Fsp3) is 0.562. The van der Waals surface area contributed by atoms with Gasteiger partial charge in [0, 0.05) is 18.7 Å². The predicted octanol–water partition coefficient (Wildman–Crippen LogP) is 1.93. The molecule has 1 fully saturated rings. The zero-order valence-electron chi connectivity index (χ0n) is 13.2. The molecule has 2 aromatic rings. The summed E-state index contributed by atoms with van der Waals surface area (Å²) in [4.78, 5) is 14.3. The van der Waals surface area contributed by atoms with Gasteiger partial charge in [0.15, 0.2) is 5.65 Å². The first kappa shape index (κ1) is 15.0. The summed E-state index contributed by atoms with van der Waals surface area (Å²) < 4.78 is 6.72. The van der Waals surface area contributed by atoms with Crippen LogP contribution < -0.4 is 0 Å². The molecule has 6 heteroatoms. The van der Waals surface area contributed by atoms with Crippen molar-refractivity contribution in [3.63, 3.8) is 0 Å². The van der Waals surface area contributed by atoms with Gasteiger partial charge in [-0.25, -0.2) is 4.79 Å². The topological polar surface area (TPSA) is 59.7 Å². The largest absolute Gasteiger partial charge is 0.465 e. The first-order valence-electron chi connectivity index (χ1n) is 7.89. The molecule has 118 valence electrons. The molecule has 3 heterocycles. The molecule has 0 bridgehead atoms. The highest BCUT2D eigenvalue weighted by Crippen LogP contribution is 2.21. The Bertz CT molecular complexity index is 667. The maximum absolute atomic E-state index is 11.8. The zero-order valence-corrected chi connectivity index (χ0v) is 13.2. The van der Waals surface area contributed by atoms with Crippen molar-refractivity contribution in [3.05, 3.63) is 29.7 Å². The van der Waals surface area contributed by atoms with Crippen LogP contribution in [0.1, 0.15) is 42.4 Å². The molecule has 22 heavy (non-hydrogen) atoms. The number of ether oxygens (including phenoxy) is 1. The average Bonchev–Trinajstić information content (AvgIpc) is 2.97. The summed E-state index contributed by atoms with van der Waals surface area (Å²) in [6, 6.07) is 4.07. The third-order valence-electron chi connectivity index (χ3n) is 4.48. The van der Waals surface area contributed by atoms with Gasteiger partial charge in [-0.15, -0.1) is 10.2 Å². The highest BCUT2D eigenvalue weighted by molar-refractivity contribution is 5.95. The van der Waals surface area contributed by atoms with E-state index in [1.807, 2.05) is 16.7 Å². The van der Waals surface area contributed by atoms with Crippen molar-refractivity contribution in [1.82, 2.24) is 19.5 Å². The van der Waals surface area contributed by atoms with Gasteiger partial charge in [-0.2, -0.15) is 0 Å². The maximum Gasteiger partial charge on any atom is 0.341 e. The van der Waals surface area contributed by atoms with Crippen LogP contribution in [0.25, 0.3) is 5.65 Å². The van der Waals surface area contributed by atoms with Gasteiger partial charge in [0.25, 0.3) is 0 Å². The van der Waals surface area contributed by atoms with Crippen LogP contribution in [0.4, 0.5) is 0 Å². The minimum atomic E-state index is -0.377. The van der Waals surface area contributed by atoms with E-state index in [1.54, 1.807) is 6.07 Å². The van der Waals surface area contributed by atoms with Crippen molar-refractivity contribution in [1.29, 1.82) is 0 Å². The number of piperidine rings is 1. The van der Waals surface area contributed by atoms with Crippen LogP contribution in [0.5, 0.6) is 0 Å². The first-order chi connectivity index (χ1) is 10.7. The van der Waals surface area contributed by atoms with Crippen molar-refractivity contribution in [2.45, 2.75) is 38.6 Å². The van der Waals surface area contributed by atoms with Gasteiger partial charge in [-0.3, -0.25) is 4.40 Å². The van der Waals surface area contributed by atoms with Crippen LogP contribution in [0.2, 0.25) is 0 Å². The molecule has 0 saturated carbocycles. The normalized spacial score (nSPS) is 19.5. The number of nitrogens with zero attached hydrogens (tertiary/aromatic N) is 4. The Morgan fingerprint density at radius 3 is 3.05 bits per heavy atom. The fourth-order valence-electron chi connectivity index (χ4n) is 3.29. The quantitative estimate of drug-likeness (QED) is 0.808. The number of rotatable bonds is 4. The lowest BCUT2D eigenvalue weighted by molar-refractivity contribution is 0.0602. The molecule has 6 nitrogen and oxygen atoms in total. The van der Waals surface area contributed by atoms with E-state index >= 15 is 0 Å². The molecule has 1 aliphatic rings. The van der Waals surface area contributed by atoms with Gasteiger partial charge >= 0.3 is 5.97 Å². The Labute approximate surface area is 130 Å². The Morgan fingerprint density at radius 1 is 1.41 bits per heavy atom. The van der Waals surface area contributed by atoms with E-state index in [0.717, 1.165) is 25.3 Å². The van der Waals surface area contributed by atoms with Crippen LogP contribution in [0.15, 0.2) is 18.3 Å². The molecule has 1 aliphatic heterocycles. The van der Waals surface area contributed by atoms with Crippen LogP contribution in [-0.2, 0) is 11.2 Å². The second-order valence-electron chi connectivity index (χ2n) is 5.71. The van der Waals surface area contributed by atoms with E-state index < -0.39 is 0 Å². The SMILES string of the molecule is CCN1CCCCC1Cc1nnc2c(C(=O)OC)cccn12. The monoisotopic (exact) mass is 302 g/mol. The minimum Gasteiger partial charge on any atom is -0.465 e. The Kier molecular flexibility index (Phi) is 4.38. The van der Waals surface area contributed by atoms with E-state index in [-0.39, 0.29) is 5.97 Å². The number of likely N-dealkylation sites (tertiary alicyclic amines) is 1. The Morgan fingerprint density at radius 2 is 2.27 bits per heavy atom. The Hall–Kier alpha value is -1.95. The highest BCUT2D eigenvalue weighted by atomic mass is 16.5. The molecular formula is C16H22N4O2. The smallest absolute Gasteiger partial charge is 0.341 e. The van der Waals surface area contributed by atoms with Gasteiger partial charge in [-0.1, -0.05) is 13.3 Å². The van der Waals surface area contributed by atoms with Crippen LogP contribution in [0, 0.1) is 0 Å². The number of hydrogen-bond acceptors (Lipinski definition) is 5. The number of hydrogen-bond donors (Lipinski definition) is 0. The molecular weight excluding hydrogens is 280 g/mol. The minimum absolute atomic E-state index is 0.377. The third-order valence-corrected chi connectivity index (χ3v) is 4.48. The molecule has 3 rings (SSSR count). The van der Waals surface area contributed by atoms with Gasteiger partial charge in [0.05, 0.1) is 7.11 Å². The van der Waals surface area contributed by atoms with Crippen LogP contribution in [-0.4, -0.2) is 51.7 Å². The first-order valence-corrected chi connectivity index (χ1v) is 7.89. The number of carbonyl (C=O) groups excluding carboxylic acids is 1. The summed E-state index contributed by atoms with van der Waals surface area (Å²) in [6.45, 7) is 4.43. The number of methoxy groups -OCH3 is 1. The summed E-state index contributed by atoms with van der Waals surface area (Å²) in [7, 11) is 1.38. The number of esters is 1. The van der Waals surface area contributed by atoms with E-state index in [2.05, 4.69) is 22.0 Å². The molecule has 1 unspecified atom stereocenters.